The average molecular weight is 410 g/mol. The Hall–Kier alpha value is -0.900. The SMILES string of the molecule is COC(=O)c1cc2c(Br)nc1CCCCCCCCCCCCCC2. The summed E-state index contributed by atoms with van der Waals surface area (Å²) in [5, 5.41) is 0. The normalized spacial score (nSPS) is 18.3. The van der Waals surface area contributed by atoms with Crippen molar-refractivity contribution in [2.24, 2.45) is 0 Å². The van der Waals surface area contributed by atoms with Gasteiger partial charge in [-0.2, -0.15) is 0 Å². The van der Waals surface area contributed by atoms with E-state index < -0.39 is 0 Å². The first-order chi connectivity index (χ1) is 12.2. The number of rotatable bonds is 1. The third-order valence-electron chi connectivity index (χ3n) is 5.14. The van der Waals surface area contributed by atoms with E-state index >= 15 is 0 Å². The summed E-state index contributed by atoms with van der Waals surface area (Å²) in [6.45, 7) is 0. The summed E-state index contributed by atoms with van der Waals surface area (Å²) in [6.07, 6.45) is 17.3. The van der Waals surface area contributed by atoms with E-state index in [0.717, 1.165) is 41.5 Å². The molecule has 0 spiro atoms. The molecule has 1 aliphatic heterocycles. The van der Waals surface area contributed by atoms with E-state index in [9.17, 15) is 4.79 Å². The van der Waals surface area contributed by atoms with Crippen LogP contribution in [0.4, 0.5) is 0 Å². The molecule has 3 nitrogen and oxygen atoms in total. The summed E-state index contributed by atoms with van der Waals surface area (Å²) in [5.74, 6) is -0.259. The van der Waals surface area contributed by atoms with Gasteiger partial charge in [0.2, 0.25) is 0 Å². The Labute approximate surface area is 161 Å². The van der Waals surface area contributed by atoms with Gasteiger partial charge in [0.05, 0.1) is 18.4 Å². The fourth-order valence-electron chi connectivity index (χ4n) is 3.60. The zero-order chi connectivity index (χ0) is 17.9. The van der Waals surface area contributed by atoms with Crippen molar-refractivity contribution in [2.45, 2.75) is 89.9 Å². The van der Waals surface area contributed by atoms with E-state index in [4.69, 9.17) is 9.72 Å². The van der Waals surface area contributed by atoms with Crippen molar-refractivity contribution < 1.29 is 9.53 Å². The Balaban J connectivity index is 2.10. The molecule has 0 saturated heterocycles. The van der Waals surface area contributed by atoms with Crippen LogP contribution in [0.15, 0.2) is 10.7 Å². The van der Waals surface area contributed by atoms with Gasteiger partial charge >= 0.3 is 5.97 Å². The lowest BCUT2D eigenvalue weighted by Crippen LogP contribution is -2.10. The minimum Gasteiger partial charge on any atom is -0.465 e. The molecule has 1 aliphatic carbocycles. The number of hydrogen-bond donors (Lipinski definition) is 0. The molecule has 4 heteroatoms. The molecule has 1 aromatic rings. The van der Waals surface area contributed by atoms with Gasteiger partial charge in [-0.25, -0.2) is 9.78 Å². The van der Waals surface area contributed by atoms with Gasteiger partial charge in [0.1, 0.15) is 4.60 Å². The van der Waals surface area contributed by atoms with Crippen LogP contribution in [0.3, 0.4) is 0 Å². The highest BCUT2D eigenvalue weighted by molar-refractivity contribution is 9.10. The highest BCUT2D eigenvalue weighted by atomic mass is 79.9. The van der Waals surface area contributed by atoms with Gasteiger partial charge in [0.15, 0.2) is 0 Å². The molecule has 0 aromatic carbocycles. The standard InChI is InChI=1S/C21H32BrNO2/c1-25-21(24)18-16-17-14-12-10-8-6-4-2-3-5-7-9-11-13-15-19(18)23-20(17)22/h16H,2-15H2,1H3. The summed E-state index contributed by atoms with van der Waals surface area (Å²) in [5.41, 5.74) is 2.66. The summed E-state index contributed by atoms with van der Waals surface area (Å²) in [4.78, 5) is 16.9. The molecule has 25 heavy (non-hydrogen) atoms. The Morgan fingerprint density at radius 3 is 1.88 bits per heavy atom. The number of aromatic nitrogens is 1. The number of fused-ring (bicyclic) bond motifs is 15. The van der Waals surface area contributed by atoms with Crippen molar-refractivity contribution in [2.75, 3.05) is 7.11 Å². The van der Waals surface area contributed by atoms with Crippen molar-refractivity contribution in [3.05, 3.63) is 27.5 Å². The number of aryl methyl sites for hydroxylation is 2. The predicted octanol–water partition coefficient (Wildman–Crippen LogP) is 6.41. The van der Waals surface area contributed by atoms with Gasteiger partial charge in [0, 0.05) is 0 Å². The number of nitrogens with zero attached hydrogens (tertiary/aromatic N) is 1. The van der Waals surface area contributed by atoms with Crippen LogP contribution in [0.25, 0.3) is 0 Å². The van der Waals surface area contributed by atoms with E-state index in [2.05, 4.69) is 15.9 Å². The van der Waals surface area contributed by atoms with Crippen molar-refractivity contribution >= 4 is 21.9 Å². The molecule has 0 unspecified atom stereocenters. The second-order valence-corrected chi connectivity index (χ2v) is 7.92. The maximum atomic E-state index is 12.2. The van der Waals surface area contributed by atoms with Gasteiger partial charge < -0.3 is 4.74 Å². The minimum atomic E-state index is -0.259. The van der Waals surface area contributed by atoms with Crippen LogP contribution in [-0.4, -0.2) is 18.1 Å². The van der Waals surface area contributed by atoms with E-state index in [1.54, 1.807) is 0 Å². The van der Waals surface area contributed by atoms with Crippen LogP contribution < -0.4 is 0 Å². The van der Waals surface area contributed by atoms with Crippen molar-refractivity contribution in [3.63, 3.8) is 0 Å². The monoisotopic (exact) mass is 409 g/mol. The molecule has 3 rings (SSSR count). The maximum absolute atomic E-state index is 12.2. The predicted molar refractivity (Wildman–Crippen MR) is 106 cm³/mol. The molecule has 0 fully saturated rings. The summed E-state index contributed by atoms with van der Waals surface area (Å²) < 4.78 is 5.89. The quantitative estimate of drug-likeness (QED) is 0.397. The third-order valence-corrected chi connectivity index (χ3v) is 5.83. The van der Waals surface area contributed by atoms with Gasteiger partial charge in [-0.05, 0) is 53.2 Å². The molecule has 0 atom stereocenters. The molecule has 2 aliphatic rings. The number of carbonyl (C=O) groups excluding carboxylic acids is 1. The minimum absolute atomic E-state index is 0.259. The molecule has 1 aromatic heterocycles. The Morgan fingerprint density at radius 2 is 1.36 bits per heavy atom. The summed E-state index contributed by atoms with van der Waals surface area (Å²) in [7, 11) is 1.45. The Morgan fingerprint density at radius 1 is 0.880 bits per heavy atom. The molecule has 0 amide bonds. The molecule has 0 radical (unpaired) electrons. The number of hydrogen-bond acceptors (Lipinski definition) is 3. The van der Waals surface area contributed by atoms with Gasteiger partial charge in [0.25, 0.3) is 0 Å². The van der Waals surface area contributed by atoms with E-state index in [1.165, 1.54) is 71.3 Å². The fourth-order valence-corrected chi connectivity index (χ4v) is 4.12. The molecule has 140 valence electrons. The second-order valence-electron chi connectivity index (χ2n) is 7.17. The number of esters is 1. The highest BCUT2D eigenvalue weighted by Crippen LogP contribution is 2.24. The number of halogens is 1. The first-order valence-electron chi connectivity index (χ1n) is 9.99. The zero-order valence-electron chi connectivity index (χ0n) is 15.6. The summed E-state index contributed by atoms with van der Waals surface area (Å²) in [6, 6.07) is 2.00. The van der Waals surface area contributed by atoms with Crippen LogP contribution in [0, 0.1) is 0 Å². The van der Waals surface area contributed by atoms with Crippen LogP contribution >= 0.6 is 15.9 Å². The average Bonchev–Trinajstić information content (AvgIpc) is 2.62. The second kappa shape index (κ2) is 11.7. The number of methoxy groups -OCH3 is 1. The lowest BCUT2D eigenvalue weighted by Gasteiger charge is -2.12. The number of carbonyl (C=O) groups is 1. The Bertz CT molecular complexity index is 545. The zero-order valence-corrected chi connectivity index (χ0v) is 17.2. The van der Waals surface area contributed by atoms with Crippen molar-refractivity contribution in [1.29, 1.82) is 0 Å². The first-order valence-corrected chi connectivity index (χ1v) is 10.8. The maximum Gasteiger partial charge on any atom is 0.339 e. The van der Waals surface area contributed by atoms with Crippen LogP contribution in [0.2, 0.25) is 0 Å². The third kappa shape index (κ3) is 7.08. The first kappa shape index (κ1) is 20.4. The highest BCUT2D eigenvalue weighted by Gasteiger charge is 2.16. The van der Waals surface area contributed by atoms with E-state index in [-0.39, 0.29) is 5.97 Å². The molecule has 0 saturated carbocycles. The van der Waals surface area contributed by atoms with Gasteiger partial charge in [-0.1, -0.05) is 64.2 Å². The summed E-state index contributed by atoms with van der Waals surface area (Å²) >= 11 is 3.61. The number of ether oxygens (including phenoxy) is 1. The molecule has 0 N–H and O–H groups in total. The largest absolute Gasteiger partial charge is 0.465 e. The number of pyridine rings is 1. The van der Waals surface area contributed by atoms with E-state index in [0.29, 0.717) is 5.56 Å². The molecular formula is C21H32BrNO2. The van der Waals surface area contributed by atoms with Crippen molar-refractivity contribution in [1.82, 2.24) is 4.98 Å². The lowest BCUT2D eigenvalue weighted by molar-refractivity contribution is 0.0598. The smallest absolute Gasteiger partial charge is 0.339 e. The molecular weight excluding hydrogens is 378 g/mol. The van der Waals surface area contributed by atoms with Crippen LogP contribution in [-0.2, 0) is 17.6 Å². The fraction of sp³-hybridized carbons (Fsp3) is 0.714. The van der Waals surface area contributed by atoms with Crippen LogP contribution in [0.1, 0.15) is 98.7 Å². The molecule has 2 bridgehead atoms. The van der Waals surface area contributed by atoms with Gasteiger partial charge in [-0.15, -0.1) is 0 Å². The van der Waals surface area contributed by atoms with E-state index in [1.807, 2.05) is 6.07 Å². The van der Waals surface area contributed by atoms with Gasteiger partial charge in [-0.3, -0.25) is 0 Å². The lowest BCUT2D eigenvalue weighted by atomic mass is 10.00. The van der Waals surface area contributed by atoms with Crippen LogP contribution in [0.5, 0.6) is 0 Å². The topological polar surface area (TPSA) is 39.2 Å². The molecule has 2 heterocycles. The van der Waals surface area contributed by atoms with Crippen molar-refractivity contribution in [3.8, 4) is 0 Å². The Kier molecular flexibility index (Phi) is 9.52.